The number of aryl methyl sites for hydroxylation is 1. The fourth-order valence-corrected chi connectivity index (χ4v) is 3.26. The number of methoxy groups -OCH3 is 1. The SMILES string of the molecule is COc1cccc(CNC(=O)CN2CCN(C(=O)c3ccc(C)c(F)c3)CC2)c1. The number of benzene rings is 2. The number of rotatable bonds is 6. The van der Waals surface area contributed by atoms with Gasteiger partial charge < -0.3 is 15.0 Å². The number of nitrogens with one attached hydrogen (secondary N) is 1. The van der Waals surface area contributed by atoms with Gasteiger partial charge in [-0.25, -0.2) is 4.39 Å². The van der Waals surface area contributed by atoms with Gasteiger partial charge in [-0.3, -0.25) is 14.5 Å². The Kier molecular flexibility index (Phi) is 6.82. The van der Waals surface area contributed by atoms with Crippen LogP contribution in [0.1, 0.15) is 21.5 Å². The van der Waals surface area contributed by atoms with E-state index in [1.54, 1.807) is 31.1 Å². The van der Waals surface area contributed by atoms with Crippen LogP contribution >= 0.6 is 0 Å². The third-order valence-corrected chi connectivity index (χ3v) is 5.07. The van der Waals surface area contributed by atoms with Crippen molar-refractivity contribution in [3.63, 3.8) is 0 Å². The number of amides is 2. The first-order valence-electron chi connectivity index (χ1n) is 9.63. The molecule has 0 unspecified atom stereocenters. The molecule has 1 N–H and O–H groups in total. The lowest BCUT2D eigenvalue weighted by Crippen LogP contribution is -2.51. The average molecular weight is 399 g/mol. The topological polar surface area (TPSA) is 61.9 Å². The molecule has 2 aromatic carbocycles. The molecule has 0 aromatic heterocycles. The first kappa shape index (κ1) is 20.8. The molecule has 1 aliphatic rings. The van der Waals surface area contributed by atoms with Gasteiger partial charge >= 0.3 is 0 Å². The molecule has 6 nitrogen and oxygen atoms in total. The molecule has 29 heavy (non-hydrogen) atoms. The molecule has 0 spiro atoms. The number of ether oxygens (including phenoxy) is 1. The Morgan fingerprint density at radius 1 is 1.10 bits per heavy atom. The first-order valence-corrected chi connectivity index (χ1v) is 9.63. The van der Waals surface area contributed by atoms with Crippen LogP contribution in [0.25, 0.3) is 0 Å². The Morgan fingerprint density at radius 3 is 2.55 bits per heavy atom. The maximum Gasteiger partial charge on any atom is 0.254 e. The average Bonchev–Trinajstić information content (AvgIpc) is 2.74. The van der Waals surface area contributed by atoms with Gasteiger partial charge in [0.05, 0.1) is 13.7 Å². The van der Waals surface area contributed by atoms with Crippen molar-refractivity contribution >= 4 is 11.8 Å². The minimum Gasteiger partial charge on any atom is -0.497 e. The first-order chi connectivity index (χ1) is 14.0. The van der Waals surface area contributed by atoms with E-state index in [9.17, 15) is 14.0 Å². The molecule has 0 radical (unpaired) electrons. The van der Waals surface area contributed by atoms with Crippen molar-refractivity contribution in [1.29, 1.82) is 0 Å². The van der Waals surface area contributed by atoms with Crippen molar-refractivity contribution < 1.29 is 18.7 Å². The largest absolute Gasteiger partial charge is 0.497 e. The zero-order valence-electron chi connectivity index (χ0n) is 16.8. The highest BCUT2D eigenvalue weighted by Gasteiger charge is 2.23. The van der Waals surface area contributed by atoms with Crippen molar-refractivity contribution in [1.82, 2.24) is 15.1 Å². The minimum absolute atomic E-state index is 0.0618. The zero-order valence-corrected chi connectivity index (χ0v) is 16.8. The van der Waals surface area contributed by atoms with Crippen LogP contribution in [0.3, 0.4) is 0 Å². The second-order valence-electron chi connectivity index (χ2n) is 7.16. The summed E-state index contributed by atoms with van der Waals surface area (Å²) in [5, 5.41) is 2.91. The second kappa shape index (κ2) is 9.52. The van der Waals surface area contributed by atoms with Gasteiger partial charge in [0, 0.05) is 38.3 Å². The van der Waals surface area contributed by atoms with Crippen molar-refractivity contribution in [2.45, 2.75) is 13.5 Å². The van der Waals surface area contributed by atoms with E-state index >= 15 is 0 Å². The van der Waals surface area contributed by atoms with Crippen molar-refractivity contribution in [2.24, 2.45) is 0 Å². The van der Waals surface area contributed by atoms with Crippen molar-refractivity contribution in [3.05, 3.63) is 65.0 Å². The summed E-state index contributed by atoms with van der Waals surface area (Å²) in [4.78, 5) is 28.5. The number of carbonyl (C=O) groups excluding carboxylic acids is 2. The van der Waals surface area contributed by atoms with Gasteiger partial charge in [0.2, 0.25) is 5.91 Å². The van der Waals surface area contributed by atoms with Crippen molar-refractivity contribution in [2.75, 3.05) is 39.8 Å². The Morgan fingerprint density at radius 2 is 1.86 bits per heavy atom. The van der Waals surface area contributed by atoms with E-state index in [0.717, 1.165) is 11.3 Å². The highest BCUT2D eigenvalue weighted by molar-refractivity contribution is 5.94. The van der Waals surface area contributed by atoms with E-state index in [1.165, 1.54) is 6.07 Å². The number of hydrogen-bond acceptors (Lipinski definition) is 4. The Bertz CT molecular complexity index is 879. The summed E-state index contributed by atoms with van der Waals surface area (Å²) in [5.74, 6) is 0.146. The van der Waals surface area contributed by atoms with Gasteiger partial charge in [-0.05, 0) is 42.3 Å². The summed E-state index contributed by atoms with van der Waals surface area (Å²) in [6.45, 7) is 4.62. The quantitative estimate of drug-likeness (QED) is 0.809. The number of hydrogen-bond donors (Lipinski definition) is 1. The second-order valence-corrected chi connectivity index (χ2v) is 7.16. The minimum atomic E-state index is -0.373. The van der Waals surface area contributed by atoms with Crippen molar-refractivity contribution in [3.8, 4) is 5.75 Å². The summed E-state index contributed by atoms with van der Waals surface area (Å²) < 4.78 is 18.9. The molecule has 154 valence electrons. The van der Waals surface area contributed by atoms with E-state index in [0.29, 0.717) is 43.9 Å². The Balaban J connectivity index is 1.44. The lowest BCUT2D eigenvalue weighted by Gasteiger charge is -2.34. The van der Waals surface area contributed by atoms with E-state index in [4.69, 9.17) is 4.74 Å². The molecule has 0 bridgehead atoms. The molecule has 0 aliphatic carbocycles. The van der Waals surface area contributed by atoms with Gasteiger partial charge in [-0.15, -0.1) is 0 Å². The van der Waals surface area contributed by atoms with Crippen LogP contribution in [-0.4, -0.2) is 61.4 Å². The van der Waals surface area contributed by atoms with Crippen LogP contribution < -0.4 is 10.1 Å². The fraction of sp³-hybridized carbons (Fsp3) is 0.364. The summed E-state index contributed by atoms with van der Waals surface area (Å²) in [6.07, 6.45) is 0. The van der Waals surface area contributed by atoms with Gasteiger partial charge in [0.25, 0.3) is 5.91 Å². The van der Waals surface area contributed by atoms with Gasteiger partial charge in [0.1, 0.15) is 11.6 Å². The molecule has 2 aromatic rings. The maximum absolute atomic E-state index is 13.7. The molecule has 2 amide bonds. The number of halogens is 1. The highest BCUT2D eigenvalue weighted by atomic mass is 19.1. The Labute approximate surface area is 170 Å². The molecule has 3 rings (SSSR count). The third-order valence-electron chi connectivity index (χ3n) is 5.07. The summed E-state index contributed by atoms with van der Waals surface area (Å²) in [6, 6.07) is 12.1. The van der Waals surface area contributed by atoms with E-state index in [2.05, 4.69) is 5.32 Å². The van der Waals surface area contributed by atoms with Crippen LogP contribution in [0, 0.1) is 12.7 Å². The van der Waals surface area contributed by atoms with E-state index < -0.39 is 0 Å². The fourth-order valence-electron chi connectivity index (χ4n) is 3.26. The predicted octanol–water partition coefficient (Wildman–Crippen LogP) is 2.22. The smallest absolute Gasteiger partial charge is 0.254 e. The summed E-state index contributed by atoms with van der Waals surface area (Å²) in [7, 11) is 1.61. The lowest BCUT2D eigenvalue weighted by atomic mass is 10.1. The number of carbonyl (C=O) groups is 2. The molecule has 0 atom stereocenters. The molecule has 1 fully saturated rings. The number of piperazine rings is 1. The molecule has 1 saturated heterocycles. The molecule has 0 saturated carbocycles. The molecule has 1 heterocycles. The summed E-state index contributed by atoms with van der Waals surface area (Å²) in [5.41, 5.74) is 1.85. The van der Waals surface area contributed by atoms with Gasteiger partial charge in [-0.2, -0.15) is 0 Å². The molecular weight excluding hydrogens is 373 g/mol. The molecule has 1 aliphatic heterocycles. The molecule has 7 heteroatoms. The highest BCUT2D eigenvalue weighted by Crippen LogP contribution is 2.14. The van der Waals surface area contributed by atoms with E-state index in [1.807, 2.05) is 29.2 Å². The van der Waals surface area contributed by atoms with Crippen LogP contribution in [0.4, 0.5) is 4.39 Å². The number of nitrogens with zero attached hydrogens (tertiary/aromatic N) is 2. The third kappa shape index (κ3) is 5.54. The van der Waals surface area contributed by atoms with Crippen LogP contribution in [0.15, 0.2) is 42.5 Å². The predicted molar refractivity (Wildman–Crippen MR) is 108 cm³/mol. The monoisotopic (exact) mass is 399 g/mol. The summed E-state index contributed by atoms with van der Waals surface area (Å²) >= 11 is 0. The normalized spacial score (nSPS) is 14.5. The Hall–Kier alpha value is -2.93. The van der Waals surface area contributed by atoms with Crippen LogP contribution in [0.2, 0.25) is 0 Å². The van der Waals surface area contributed by atoms with E-state index in [-0.39, 0.29) is 24.2 Å². The van der Waals surface area contributed by atoms with Crippen LogP contribution in [0.5, 0.6) is 5.75 Å². The maximum atomic E-state index is 13.7. The standard InChI is InChI=1S/C22H26FN3O3/c1-16-6-7-18(13-20(16)23)22(28)26-10-8-25(9-11-26)15-21(27)24-14-17-4-3-5-19(12-17)29-2/h3-7,12-13H,8-11,14-15H2,1-2H3,(H,24,27). The zero-order chi connectivity index (χ0) is 20.8. The van der Waals surface area contributed by atoms with Crippen LogP contribution in [-0.2, 0) is 11.3 Å². The lowest BCUT2D eigenvalue weighted by molar-refractivity contribution is -0.122. The van der Waals surface area contributed by atoms with Gasteiger partial charge in [-0.1, -0.05) is 18.2 Å². The molecular formula is C22H26FN3O3. The van der Waals surface area contributed by atoms with Gasteiger partial charge in [0.15, 0.2) is 0 Å².